The largest absolute Gasteiger partial charge is 0.341 e. The zero-order valence-electron chi connectivity index (χ0n) is 12.9. The van der Waals surface area contributed by atoms with Gasteiger partial charge in [-0.25, -0.2) is 4.98 Å². The van der Waals surface area contributed by atoms with Crippen LogP contribution in [0.5, 0.6) is 0 Å². The average molecular weight is 394 g/mol. The predicted molar refractivity (Wildman–Crippen MR) is 102 cm³/mol. The molecule has 3 heterocycles. The highest BCUT2D eigenvalue weighted by Crippen LogP contribution is 2.28. The van der Waals surface area contributed by atoms with Crippen LogP contribution in [-0.2, 0) is 11.2 Å². The highest BCUT2D eigenvalue weighted by atomic mass is 35.5. The molecule has 23 heavy (non-hydrogen) atoms. The Morgan fingerprint density at radius 3 is 2.96 bits per heavy atom. The molecule has 0 aromatic carbocycles. The first kappa shape index (κ1) is 20.4. The molecule has 1 saturated heterocycles. The van der Waals surface area contributed by atoms with Crippen LogP contribution in [0.15, 0.2) is 22.9 Å². The Bertz CT molecular complexity index is 604. The van der Waals surface area contributed by atoms with Gasteiger partial charge >= 0.3 is 0 Å². The van der Waals surface area contributed by atoms with Crippen LogP contribution in [0, 0.1) is 0 Å². The minimum atomic E-state index is 0. The van der Waals surface area contributed by atoms with E-state index in [0.717, 1.165) is 36.6 Å². The number of hydrogen-bond donors (Lipinski definition) is 1. The second-order valence-corrected chi connectivity index (χ2v) is 7.07. The number of carbonyl (C=O) groups excluding carboxylic acids is 1. The summed E-state index contributed by atoms with van der Waals surface area (Å²) in [5.41, 5.74) is 0.889. The lowest BCUT2D eigenvalue weighted by Crippen LogP contribution is -2.47. The number of likely N-dealkylation sites (tertiary alicyclic amines) is 1. The summed E-state index contributed by atoms with van der Waals surface area (Å²) in [6, 6.07) is 4.52. The summed E-state index contributed by atoms with van der Waals surface area (Å²) >= 11 is 3.30. The van der Waals surface area contributed by atoms with Gasteiger partial charge in [0.15, 0.2) is 0 Å². The summed E-state index contributed by atoms with van der Waals surface area (Å²) in [6.07, 6.45) is 2.65. The molecule has 2 aromatic heterocycles. The third-order valence-electron chi connectivity index (χ3n) is 3.80. The topological polar surface area (TPSA) is 45.2 Å². The number of hydrogen-bond acceptors (Lipinski definition) is 5. The zero-order valence-corrected chi connectivity index (χ0v) is 16.1. The summed E-state index contributed by atoms with van der Waals surface area (Å²) in [5.74, 6) is 0.193. The lowest BCUT2D eigenvalue weighted by molar-refractivity contribution is -0.131. The Hall–Kier alpha value is -0.660. The van der Waals surface area contributed by atoms with Gasteiger partial charge in [0.25, 0.3) is 0 Å². The summed E-state index contributed by atoms with van der Waals surface area (Å²) in [4.78, 5) is 20.1. The van der Waals surface area contributed by atoms with Gasteiger partial charge in [0.2, 0.25) is 5.91 Å². The average Bonchev–Trinajstić information content (AvgIpc) is 3.18. The van der Waals surface area contributed by atoms with Crippen LogP contribution in [0.1, 0.15) is 18.5 Å². The molecule has 3 rings (SSSR count). The fourth-order valence-electron chi connectivity index (χ4n) is 2.61. The molecule has 0 spiro atoms. The molecule has 128 valence electrons. The molecule has 0 bridgehead atoms. The van der Waals surface area contributed by atoms with E-state index in [9.17, 15) is 4.79 Å². The molecular weight excluding hydrogens is 373 g/mol. The maximum absolute atomic E-state index is 12.4. The van der Waals surface area contributed by atoms with Gasteiger partial charge in [0.05, 0.1) is 17.0 Å². The Morgan fingerprint density at radius 1 is 1.43 bits per heavy atom. The minimum Gasteiger partial charge on any atom is -0.341 e. The summed E-state index contributed by atoms with van der Waals surface area (Å²) < 4.78 is 0. The summed E-state index contributed by atoms with van der Waals surface area (Å²) in [6.45, 7) is 1.69. The number of aromatic nitrogens is 1. The number of piperidine rings is 1. The van der Waals surface area contributed by atoms with Crippen molar-refractivity contribution in [2.24, 2.45) is 0 Å². The normalized spacial score (nSPS) is 17.3. The molecule has 2 aromatic rings. The van der Waals surface area contributed by atoms with E-state index in [-0.39, 0.29) is 30.7 Å². The third kappa shape index (κ3) is 5.16. The Labute approximate surface area is 157 Å². The van der Waals surface area contributed by atoms with Crippen molar-refractivity contribution in [2.45, 2.75) is 25.3 Å². The second kappa shape index (κ2) is 9.59. The second-order valence-electron chi connectivity index (χ2n) is 5.27. The van der Waals surface area contributed by atoms with Gasteiger partial charge in [-0.3, -0.25) is 4.79 Å². The van der Waals surface area contributed by atoms with Crippen molar-refractivity contribution in [1.82, 2.24) is 15.2 Å². The number of nitrogens with zero attached hydrogens (tertiary/aromatic N) is 2. The molecule has 1 N–H and O–H groups in total. The molecule has 8 heteroatoms. The number of halogens is 2. The first-order valence-corrected chi connectivity index (χ1v) is 8.95. The van der Waals surface area contributed by atoms with Crippen LogP contribution in [0.3, 0.4) is 0 Å². The van der Waals surface area contributed by atoms with E-state index in [1.54, 1.807) is 22.7 Å². The lowest BCUT2D eigenvalue weighted by atomic mass is 10.1. The van der Waals surface area contributed by atoms with Crippen LogP contribution >= 0.6 is 47.5 Å². The number of carbonyl (C=O) groups is 1. The van der Waals surface area contributed by atoms with Gasteiger partial charge < -0.3 is 10.2 Å². The maximum Gasteiger partial charge on any atom is 0.228 e. The number of likely N-dealkylation sites (N-methyl/N-ethyl adjacent to an activating group) is 1. The quantitative estimate of drug-likeness (QED) is 0.864. The van der Waals surface area contributed by atoms with Crippen LogP contribution in [0.4, 0.5) is 0 Å². The van der Waals surface area contributed by atoms with Crippen LogP contribution in [0.25, 0.3) is 9.88 Å². The number of amides is 1. The van der Waals surface area contributed by atoms with Gasteiger partial charge in [-0.15, -0.1) is 47.5 Å². The van der Waals surface area contributed by atoms with Crippen molar-refractivity contribution in [1.29, 1.82) is 0 Å². The summed E-state index contributed by atoms with van der Waals surface area (Å²) in [5, 5.41) is 8.34. The standard InChI is InChI=1S/C15H19N3OS2.2ClH/c1-16-11-4-2-6-18(9-11)14(19)8-12-10-21-15(17-12)13-5-3-7-20-13;;/h3,5,7,10-11,16H,2,4,6,8-9H2,1H3;2*1H. The van der Waals surface area contributed by atoms with Crippen molar-refractivity contribution in [3.63, 3.8) is 0 Å². The van der Waals surface area contributed by atoms with Gasteiger partial charge in [-0.05, 0) is 31.3 Å². The molecule has 1 atom stereocenters. The van der Waals surface area contributed by atoms with Gasteiger partial charge in [-0.2, -0.15) is 0 Å². The molecular formula is C15H21Cl2N3OS2. The van der Waals surface area contributed by atoms with Crippen molar-refractivity contribution in [3.05, 3.63) is 28.6 Å². The molecule has 0 radical (unpaired) electrons. The molecule has 1 amide bonds. The predicted octanol–water partition coefficient (Wildman–Crippen LogP) is 3.47. The highest BCUT2D eigenvalue weighted by Gasteiger charge is 2.23. The van der Waals surface area contributed by atoms with Crippen LogP contribution < -0.4 is 5.32 Å². The van der Waals surface area contributed by atoms with E-state index in [2.05, 4.69) is 16.4 Å². The van der Waals surface area contributed by atoms with Gasteiger partial charge in [0, 0.05) is 24.5 Å². The van der Waals surface area contributed by atoms with Crippen molar-refractivity contribution in [3.8, 4) is 9.88 Å². The molecule has 1 unspecified atom stereocenters. The lowest BCUT2D eigenvalue weighted by Gasteiger charge is -2.32. The van der Waals surface area contributed by atoms with E-state index < -0.39 is 0 Å². The monoisotopic (exact) mass is 393 g/mol. The minimum absolute atomic E-state index is 0. The fraction of sp³-hybridized carbons (Fsp3) is 0.467. The summed E-state index contributed by atoms with van der Waals surface area (Å²) in [7, 11) is 1.96. The first-order valence-electron chi connectivity index (χ1n) is 7.19. The van der Waals surface area contributed by atoms with Gasteiger partial charge in [-0.1, -0.05) is 6.07 Å². The Kier molecular flexibility index (Phi) is 8.50. The van der Waals surface area contributed by atoms with Crippen LogP contribution in [0.2, 0.25) is 0 Å². The third-order valence-corrected chi connectivity index (χ3v) is 5.73. The smallest absolute Gasteiger partial charge is 0.228 e. The number of nitrogens with one attached hydrogen (secondary N) is 1. The molecule has 1 fully saturated rings. The number of thiophene rings is 1. The number of thiazole rings is 1. The van der Waals surface area contributed by atoms with E-state index in [1.807, 2.05) is 28.8 Å². The molecule has 1 aliphatic heterocycles. The SMILES string of the molecule is CNC1CCCN(C(=O)Cc2csc(-c3cccs3)n2)C1.Cl.Cl. The molecule has 4 nitrogen and oxygen atoms in total. The zero-order chi connectivity index (χ0) is 14.7. The van der Waals surface area contributed by atoms with Crippen molar-refractivity contribution < 1.29 is 4.79 Å². The molecule has 0 aliphatic carbocycles. The number of rotatable bonds is 4. The Balaban J connectivity index is 0.00000132. The highest BCUT2D eigenvalue weighted by molar-refractivity contribution is 7.20. The van der Waals surface area contributed by atoms with E-state index in [4.69, 9.17) is 0 Å². The van der Waals surface area contributed by atoms with E-state index in [0.29, 0.717) is 12.5 Å². The Morgan fingerprint density at radius 2 is 2.26 bits per heavy atom. The first-order chi connectivity index (χ1) is 10.3. The van der Waals surface area contributed by atoms with Crippen molar-refractivity contribution >= 4 is 53.4 Å². The van der Waals surface area contributed by atoms with Crippen molar-refractivity contribution in [2.75, 3.05) is 20.1 Å². The van der Waals surface area contributed by atoms with Crippen LogP contribution in [-0.4, -0.2) is 42.0 Å². The molecule has 1 aliphatic rings. The van der Waals surface area contributed by atoms with Gasteiger partial charge in [0.1, 0.15) is 5.01 Å². The molecule has 0 saturated carbocycles. The maximum atomic E-state index is 12.4. The van der Waals surface area contributed by atoms with E-state index in [1.165, 1.54) is 4.88 Å². The van der Waals surface area contributed by atoms with E-state index >= 15 is 0 Å². The fourth-order valence-corrected chi connectivity index (χ4v) is 4.24.